The van der Waals surface area contributed by atoms with E-state index in [1.165, 1.54) is 19.0 Å². The number of H-pyrrole nitrogens is 6. The second kappa shape index (κ2) is 17.5. The molecule has 0 saturated heterocycles. The Kier molecular flexibility index (Phi) is 20.7. The summed E-state index contributed by atoms with van der Waals surface area (Å²) in [5.74, 6) is 0. The number of aromatic nitrogens is 12. The summed E-state index contributed by atoms with van der Waals surface area (Å²) < 4.78 is 0. The summed E-state index contributed by atoms with van der Waals surface area (Å²) in [4.78, 5) is 0. The molecule has 3 aromatic rings. The van der Waals surface area contributed by atoms with Crippen molar-refractivity contribution in [3.05, 3.63) is 19.0 Å². The number of halogens is 3. The van der Waals surface area contributed by atoms with Gasteiger partial charge in [0.2, 0.25) is 0 Å². The van der Waals surface area contributed by atoms with Crippen LogP contribution in [0.1, 0.15) is 0 Å². The summed E-state index contributed by atoms with van der Waals surface area (Å²) in [5.41, 5.74) is 0. The molecule has 3 rings (SSSR count). The molecule has 0 bridgehead atoms. The monoisotopic (exact) mass is 318 g/mol. The van der Waals surface area contributed by atoms with Gasteiger partial charge < -0.3 is 37.2 Å². The van der Waals surface area contributed by atoms with Crippen molar-refractivity contribution in [3.63, 3.8) is 0 Å². The highest BCUT2D eigenvalue weighted by Crippen LogP contribution is 1.33. The van der Waals surface area contributed by atoms with Crippen molar-refractivity contribution in [3.8, 4) is 0 Å². The molecule has 12 nitrogen and oxygen atoms in total. The molecule has 0 atom stereocenters. The Balaban J connectivity index is -0.000000173. The fraction of sp³-hybridized carbons (Fsp3) is 0. The molecule has 0 aliphatic carbocycles. The summed E-state index contributed by atoms with van der Waals surface area (Å²) in [5, 5.41) is 34.6. The highest BCUT2D eigenvalue weighted by molar-refractivity contribution is 4.07. The summed E-state index contributed by atoms with van der Waals surface area (Å²) in [7, 11) is 0. The maximum absolute atomic E-state index is 3.36. The molecule has 3 aromatic heterocycles. The third-order valence-corrected chi connectivity index (χ3v) is 0.884. The average molecular weight is 320 g/mol. The third-order valence-electron chi connectivity index (χ3n) is 0.884. The van der Waals surface area contributed by atoms with Crippen LogP contribution in [-0.2, 0) is 0 Å². The van der Waals surface area contributed by atoms with Gasteiger partial charge in [-0.2, -0.15) is 15.3 Å². The van der Waals surface area contributed by atoms with Crippen LogP contribution in [0.4, 0.5) is 0 Å². The van der Waals surface area contributed by atoms with Crippen molar-refractivity contribution >= 4 is 0 Å². The van der Waals surface area contributed by atoms with Crippen LogP contribution in [0.2, 0.25) is 0 Å². The van der Waals surface area contributed by atoms with Crippen LogP contribution in [0, 0.1) is 0 Å². The van der Waals surface area contributed by atoms with Crippen molar-refractivity contribution in [1.82, 2.24) is 46.6 Å². The van der Waals surface area contributed by atoms with E-state index in [1.807, 2.05) is 0 Å². The molecule has 15 heteroatoms. The molecule has 0 saturated carbocycles. The van der Waals surface area contributed by atoms with Gasteiger partial charge >= 0.3 is 0 Å². The summed E-state index contributed by atoms with van der Waals surface area (Å²) in [6.45, 7) is 0. The molecular formula is C3H9Cl3N12. The van der Waals surface area contributed by atoms with Gasteiger partial charge in [-0.1, -0.05) is 15.6 Å². The number of aromatic amines is 6. The number of hydrogen-bond donors (Lipinski definition) is 3. The zero-order valence-electron chi connectivity index (χ0n) is 8.55. The first-order valence-electron chi connectivity index (χ1n) is 3.66. The lowest BCUT2D eigenvalue weighted by atomic mass is 11.4. The molecule has 6 N–H and O–H groups in total. The van der Waals surface area contributed by atoms with Gasteiger partial charge in [-0.3, -0.25) is 0 Å². The van der Waals surface area contributed by atoms with Gasteiger partial charge in [0.15, 0.2) is 15.6 Å². The summed E-state index contributed by atoms with van der Waals surface area (Å²) in [6.07, 6.45) is 4.38. The number of nitrogens with one attached hydrogen (secondary N) is 6. The number of nitrogens with zero attached hydrogens (tertiary/aromatic N) is 6. The average Bonchev–Trinajstić information content (AvgIpc) is 3.09. The normalized spacial score (nSPS) is 6.67. The van der Waals surface area contributed by atoms with E-state index in [9.17, 15) is 0 Å². The molecule has 0 aliphatic heterocycles. The SMILES string of the molecule is [Cl-].[Cl-].[Cl-].c1nn[nH][nH+]1.c1nn[nH][nH+]1.c1nn[nH][nH+]1. The lowest BCUT2D eigenvalue weighted by Gasteiger charge is -1.36. The molecule has 102 valence electrons. The number of hydrogen-bond acceptors (Lipinski definition) is 6. The second-order valence-electron chi connectivity index (χ2n) is 1.80. The van der Waals surface area contributed by atoms with Crippen molar-refractivity contribution in [1.29, 1.82) is 0 Å². The molecule has 0 spiro atoms. The zero-order chi connectivity index (χ0) is 10.6. The fourth-order valence-electron chi connectivity index (χ4n) is 0.433. The minimum absolute atomic E-state index is 0. The van der Waals surface area contributed by atoms with E-state index in [4.69, 9.17) is 0 Å². The van der Waals surface area contributed by atoms with Crippen molar-refractivity contribution < 1.29 is 52.5 Å². The van der Waals surface area contributed by atoms with Crippen molar-refractivity contribution in [2.75, 3.05) is 0 Å². The summed E-state index contributed by atoms with van der Waals surface area (Å²) >= 11 is 0. The van der Waals surface area contributed by atoms with Gasteiger partial charge in [0.1, 0.15) is 15.3 Å². The van der Waals surface area contributed by atoms with E-state index in [1.54, 1.807) is 0 Å². The number of tetrazole rings is 3. The third kappa shape index (κ3) is 14.1. The molecule has 0 unspecified atom stereocenters. The molecule has 0 radical (unpaired) electrons. The van der Waals surface area contributed by atoms with Gasteiger partial charge in [-0.25, -0.2) is 0 Å². The van der Waals surface area contributed by atoms with E-state index < -0.39 is 0 Å². The Morgan fingerprint density at radius 2 is 0.833 bits per heavy atom. The first-order chi connectivity index (χ1) is 7.50. The van der Waals surface area contributed by atoms with E-state index in [0.29, 0.717) is 0 Å². The predicted octanol–water partition coefficient (Wildman–Crippen LogP) is -13.1. The first-order valence-corrected chi connectivity index (χ1v) is 3.66. The van der Waals surface area contributed by atoms with Crippen molar-refractivity contribution in [2.45, 2.75) is 0 Å². The van der Waals surface area contributed by atoms with Crippen LogP contribution in [-0.4, -0.2) is 46.6 Å². The van der Waals surface area contributed by atoms with Gasteiger partial charge in [0.25, 0.3) is 19.0 Å². The minimum atomic E-state index is 0. The van der Waals surface area contributed by atoms with Crippen molar-refractivity contribution in [2.24, 2.45) is 0 Å². The Morgan fingerprint density at radius 3 is 0.889 bits per heavy atom. The standard InChI is InChI=1S/3CH2N4.3ClH/c3*1-2-4-5-3-1;;;/h3*1H,(H,2,3,4,5);3*1H. The van der Waals surface area contributed by atoms with Gasteiger partial charge in [-0.05, 0) is 0 Å². The second-order valence-corrected chi connectivity index (χ2v) is 1.80. The predicted molar refractivity (Wildman–Crippen MR) is 38.8 cm³/mol. The van der Waals surface area contributed by atoms with Gasteiger partial charge in [0.05, 0.1) is 0 Å². The quantitative estimate of drug-likeness (QED) is 0.372. The van der Waals surface area contributed by atoms with Crippen LogP contribution in [0.5, 0.6) is 0 Å². The number of rotatable bonds is 0. The van der Waals surface area contributed by atoms with Crippen LogP contribution in [0.3, 0.4) is 0 Å². The highest BCUT2D eigenvalue weighted by atomic mass is 35.5. The molecule has 0 amide bonds. The van der Waals surface area contributed by atoms with E-state index in [-0.39, 0.29) is 37.2 Å². The Hall–Kier alpha value is -1.92. The lowest BCUT2D eigenvalue weighted by Crippen LogP contribution is -3.00. The Labute approximate surface area is 118 Å². The van der Waals surface area contributed by atoms with Crippen LogP contribution in [0.25, 0.3) is 0 Å². The van der Waals surface area contributed by atoms with E-state index in [2.05, 4.69) is 61.9 Å². The first kappa shape index (κ1) is 21.4. The lowest BCUT2D eigenvalue weighted by molar-refractivity contribution is -0.456. The minimum Gasteiger partial charge on any atom is -1.00 e. The van der Waals surface area contributed by atoms with E-state index in [0.717, 1.165) is 0 Å². The Bertz CT molecular complexity index is 254. The fourth-order valence-corrected chi connectivity index (χ4v) is 0.433. The van der Waals surface area contributed by atoms with Gasteiger partial charge in [0, 0.05) is 0 Å². The largest absolute Gasteiger partial charge is 1.00 e. The molecule has 0 aliphatic rings. The van der Waals surface area contributed by atoms with Crippen LogP contribution < -0.4 is 52.5 Å². The Morgan fingerprint density at radius 1 is 0.556 bits per heavy atom. The molecule has 0 aromatic carbocycles. The maximum atomic E-state index is 3.36. The van der Waals surface area contributed by atoms with Crippen LogP contribution in [0.15, 0.2) is 19.0 Å². The molecule has 3 heterocycles. The van der Waals surface area contributed by atoms with E-state index >= 15 is 0 Å². The van der Waals surface area contributed by atoms with Crippen LogP contribution >= 0.6 is 0 Å². The molecule has 0 fully saturated rings. The van der Waals surface area contributed by atoms with Gasteiger partial charge in [-0.15, -0.1) is 0 Å². The molecular weight excluding hydrogens is 310 g/mol. The topological polar surface area (TPSA) is 167 Å². The highest BCUT2D eigenvalue weighted by Gasteiger charge is 1.72. The maximum Gasteiger partial charge on any atom is 0.286 e. The zero-order valence-corrected chi connectivity index (χ0v) is 10.8. The molecule has 18 heavy (non-hydrogen) atoms. The summed E-state index contributed by atoms with van der Waals surface area (Å²) in [6, 6.07) is 0. The smallest absolute Gasteiger partial charge is 0.286 e.